The van der Waals surface area contributed by atoms with Crippen LogP contribution in [-0.2, 0) is 14.3 Å². The molecule has 0 radical (unpaired) electrons. The Morgan fingerprint density at radius 1 is 0.871 bits per heavy atom. The molecule has 13 heteroatoms. The Labute approximate surface area is 205 Å². The molecule has 3 rings (SSSR count). The maximum Gasteiger partial charge on any atom is 0.326 e. The second-order valence-electron chi connectivity index (χ2n) is 6.04. The zero-order valence-corrected chi connectivity index (χ0v) is 19.4. The minimum absolute atomic E-state index is 0.200. The van der Waals surface area contributed by atoms with Gasteiger partial charge in [0.25, 0.3) is 17.7 Å². The summed E-state index contributed by atoms with van der Waals surface area (Å²) in [5.41, 5.74) is -0.326. The van der Waals surface area contributed by atoms with Crippen molar-refractivity contribution in [2.75, 3.05) is 18.5 Å². The quantitative estimate of drug-likeness (QED) is 0.236. The van der Waals surface area contributed by atoms with Gasteiger partial charge in [-0.2, -0.15) is 0 Å². The first-order chi connectivity index (χ1) is 14.5. The highest BCUT2D eigenvalue weighted by molar-refractivity contribution is 6.55. The molecule has 1 heterocycles. The molecule has 0 aliphatic carbocycles. The molecule has 0 bridgehead atoms. The van der Waals surface area contributed by atoms with E-state index < -0.39 is 36.8 Å². The topological polar surface area (TPSA) is 92.8 Å². The molecule has 1 aliphatic rings. The predicted octanol–water partition coefficient (Wildman–Crippen LogP) is 5.38. The molecular weight excluding hydrogens is 537 g/mol. The minimum Gasteiger partial charge on any atom is -0.454 e. The van der Waals surface area contributed by atoms with E-state index in [1.54, 1.807) is 0 Å². The molecule has 31 heavy (non-hydrogen) atoms. The van der Waals surface area contributed by atoms with Crippen molar-refractivity contribution in [3.63, 3.8) is 0 Å². The van der Waals surface area contributed by atoms with Gasteiger partial charge >= 0.3 is 5.97 Å². The van der Waals surface area contributed by atoms with Crippen LogP contribution in [-0.4, -0.2) is 41.7 Å². The van der Waals surface area contributed by atoms with Gasteiger partial charge < -0.3 is 10.1 Å². The van der Waals surface area contributed by atoms with Crippen LogP contribution in [0.25, 0.3) is 0 Å². The van der Waals surface area contributed by atoms with E-state index in [-0.39, 0.29) is 41.9 Å². The Morgan fingerprint density at radius 2 is 1.42 bits per heavy atom. The molecule has 2 aromatic carbocycles. The van der Waals surface area contributed by atoms with Gasteiger partial charge in [0.05, 0.1) is 41.9 Å². The molecule has 162 valence electrons. The lowest BCUT2D eigenvalue weighted by molar-refractivity contribution is -0.147. The summed E-state index contributed by atoms with van der Waals surface area (Å²) in [6.07, 6.45) is 0. The van der Waals surface area contributed by atoms with E-state index in [4.69, 9.17) is 74.3 Å². The van der Waals surface area contributed by atoms with Crippen LogP contribution in [0.3, 0.4) is 0 Å². The van der Waals surface area contributed by atoms with Gasteiger partial charge in [0, 0.05) is 5.02 Å². The van der Waals surface area contributed by atoms with Gasteiger partial charge in [0.1, 0.15) is 6.54 Å². The molecule has 0 fully saturated rings. The molecule has 0 saturated carbocycles. The Morgan fingerprint density at radius 3 is 1.97 bits per heavy atom. The van der Waals surface area contributed by atoms with Crippen molar-refractivity contribution in [2.24, 2.45) is 0 Å². The fourth-order valence-corrected chi connectivity index (χ4v) is 3.99. The molecule has 0 spiro atoms. The van der Waals surface area contributed by atoms with E-state index in [0.717, 1.165) is 0 Å². The van der Waals surface area contributed by atoms with Crippen molar-refractivity contribution in [3.8, 4) is 0 Å². The third kappa shape index (κ3) is 4.72. The summed E-state index contributed by atoms with van der Waals surface area (Å²) in [6, 6.07) is 4.41. The summed E-state index contributed by atoms with van der Waals surface area (Å²) >= 11 is 35.6. The molecule has 1 aliphatic heterocycles. The summed E-state index contributed by atoms with van der Waals surface area (Å²) in [7, 11) is 0. The Bertz CT molecular complexity index is 1110. The number of hydrogen-bond donors (Lipinski definition) is 1. The number of carbonyl (C=O) groups is 4. The Kier molecular flexibility index (Phi) is 7.25. The number of benzene rings is 2. The highest BCUT2D eigenvalue weighted by Gasteiger charge is 2.42. The van der Waals surface area contributed by atoms with Gasteiger partial charge in [-0.3, -0.25) is 24.1 Å². The molecule has 7 nitrogen and oxygen atoms in total. The van der Waals surface area contributed by atoms with Crippen LogP contribution in [0, 0.1) is 0 Å². The number of fused-ring (bicyclic) bond motifs is 1. The lowest BCUT2D eigenvalue weighted by atomic mass is 10.1. The number of rotatable bonds is 5. The van der Waals surface area contributed by atoms with E-state index in [1.165, 1.54) is 18.2 Å². The van der Waals surface area contributed by atoms with E-state index in [1.807, 2.05) is 0 Å². The number of carbonyl (C=O) groups excluding carboxylic acids is 4. The van der Waals surface area contributed by atoms with Crippen LogP contribution >= 0.6 is 69.6 Å². The number of amides is 3. The molecular formula is C18H8Cl6N2O5. The first-order valence-corrected chi connectivity index (χ1v) is 10.4. The summed E-state index contributed by atoms with van der Waals surface area (Å²) in [4.78, 5) is 49.8. The molecule has 0 unspecified atom stereocenters. The van der Waals surface area contributed by atoms with Gasteiger partial charge in [-0.1, -0.05) is 69.6 Å². The minimum atomic E-state index is -1.04. The van der Waals surface area contributed by atoms with Crippen LogP contribution in [0.5, 0.6) is 0 Å². The summed E-state index contributed by atoms with van der Waals surface area (Å²) in [5, 5.41) is 2.04. The van der Waals surface area contributed by atoms with E-state index >= 15 is 0 Å². The van der Waals surface area contributed by atoms with Crippen LogP contribution in [0.4, 0.5) is 5.69 Å². The smallest absolute Gasteiger partial charge is 0.326 e. The average molecular weight is 545 g/mol. The maximum absolute atomic E-state index is 12.6. The zero-order chi connectivity index (χ0) is 23.0. The van der Waals surface area contributed by atoms with Crippen molar-refractivity contribution < 1.29 is 23.9 Å². The van der Waals surface area contributed by atoms with Gasteiger partial charge in [-0.05, 0) is 18.2 Å². The van der Waals surface area contributed by atoms with Crippen molar-refractivity contribution in [3.05, 3.63) is 59.5 Å². The van der Waals surface area contributed by atoms with Crippen LogP contribution in [0.15, 0.2) is 18.2 Å². The largest absolute Gasteiger partial charge is 0.454 e. The number of nitrogens with zero attached hydrogens (tertiary/aromatic N) is 1. The van der Waals surface area contributed by atoms with Gasteiger partial charge in [0.2, 0.25) is 0 Å². The fourth-order valence-electron chi connectivity index (χ4n) is 2.64. The summed E-state index contributed by atoms with van der Waals surface area (Å²) < 4.78 is 4.82. The van der Waals surface area contributed by atoms with E-state index in [0.29, 0.717) is 9.92 Å². The SMILES string of the molecule is O=C(COC(=O)CN1C(=O)c2c(Cl)c(Cl)c(Cl)c(Cl)c2C1=O)Nc1cc(Cl)ccc1Cl. The number of esters is 1. The maximum atomic E-state index is 12.6. The lowest BCUT2D eigenvalue weighted by Gasteiger charge is -2.13. The monoisotopic (exact) mass is 542 g/mol. The van der Waals surface area contributed by atoms with E-state index in [9.17, 15) is 19.2 Å². The molecule has 0 atom stereocenters. The summed E-state index contributed by atoms with van der Waals surface area (Å²) in [6.45, 7) is -1.50. The molecule has 0 aromatic heterocycles. The van der Waals surface area contributed by atoms with Crippen molar-refractivity contribution in [1.82, 2.24) is 4.90 Å². The van der Waals surface area contributed by atoms with Gasteiger partial charge in [-0.15, -0.1) is 0 Å². The lowest BCUT2D eigenvalue weighted by Crippen LogP contribution is -2.36. The number of anilines is 1. The first-order valence-electron chi connectivity index (χ1n) is 8.15. The number of hydrogen-bond acceptors (Lipinski definition) is 5. The normalized spacial score (nSPS) is 12.8. The zero-order valence-electron chi connectivity index (χ0n) is 14.9. The first kappa shape index (κ1) is 23.9. The number of nitrogens with one attached hydrogen (secondary N) is 1. The molecule has 2 aromatic rings. The van der Waals surface area contributed by atoms with E-state index in [2.05, 4.69) is 5.32 Å². The molecule has 0 saturated heterocycles. The number of imide groups is 1. The predicted molar refractivity (Wildman–Crippen MR) is 118 cm³/mol. The third-order valence-corrected chi connectivity index (χ3v) is 6.41. The fraction of sp³-hybridized carbons (Fsp3) is 0.111. The van der Waals surface area contributed by atoms with Crippen molar-refractivity contribution in [1.29, 1.82) is 0 Å². The Hall–Kier alpha value is -1.74. The standard InChI is InChI=1S/C18H8Cl6N2O5/c19-6-1-2-7(20)8(3-6)25-9(27)5-31-10(28)4-26-17(29)11-12(18(26)30)14(22)16(24)15(23)13(11)21/h1-3H,4-5H2,(H,25,27). The third-order valence-electron chi connectivity index (χ3n) is 4.04. The van der Waals surface area contributed by atoms with Crippen LogP contribution in [0.2, 0.25) is 30.1 Å². The summed E-state index contributed by atoms with van der Waals surface area (Å²) in [5.74, 6) is -3.56. The van der Waals surface area contributed by atoms with Crippen molar-refractivity contribution in [2.45, 2.75) is 0 Å². The Balaban J connectivity index is 1.66. The highest BCUT2D eigenvalue weighted by atomic mass is 35.5. The average Bonchev–Trinajstić information content (AvgIpc) is 2.96. The molecule has 3 amide bonds. The van der Waals surface area contributed by atoms with Gasteiger partial charge in [0.15, 0.2) is 6.61 Å². The highest BCUT2D eigenvalue weighted by Crippen LogP contribution is 2.44. The second-order valence-corrected chi connectivity index (χ2v) is 8.39. The number of halogens is 6. The van der Waals surface area contributed by atoms with Gasteiger partial charge in [-0.25, -0.2) is 0 Å². The number of ether oxygens (including phenoxy) is 1. The molecule has 1 N–H and O–H groups in total. The van der Waals surface area contributed by atoms with Crippen molar-refractivity contribution >= 4 is 99.0 Å². The van der Waals surface area contributed by atoms with Crippen LogP contribution < -0.4 is 5.32 Å². The van der Waals surface area contributed by atoms with Crippen LogP contribution in [0.1, 0.15) is 20.7 Å². The second kappa shape index (κ2) is 9.40.